The van der Waals surface area contributed by atoms with E-state index in [0.29, 0.717) is 5.02 Å². The van der Waals surface area contributed by atoms with Crippen LogP contribution in [0.4, 0.5) is 0 Å². The fourth-order valence-corrected chi connectivity index (χ4v) is 2.43. The van der Waals surface area contributed by atoms with Gasteiger partial charge in [-0.15, -0.1) is 0 Å². The molecule has 0 aliphatic carbocycles. The highest BCUT2D eigenvalue weighted by molar-refractivity contribution is 7.87. The Labute approximate surface area is 111 Å². The van der Waals surface area contributed by atoms with Crippen molar-refractivity contribution in [2.24, 2.45) is 0 Å². The van der Waals surface area contributed by atoms with Crippen LogP contribution in [-0.2, 0) is 10.1 Å². The van der Waals surface area contributed by atoms with Crippen LogP contribution in [0.25, 0.3) is 0 Å². The Bertz CT molecular complexity index is 631. The van der Waals surface area contributed by atoms with E-state index in [2.05, 4.69) is 0 Å². The van der Waals surface area contributed by atoms with Crippen molar-refractivity contribution in [1.29, 1.82) is 0 Å². The topological polar surface area (TPSA) is 43.4 Å². The van der Waals surface area contributed by atoms with Crippen molar-refractivity contribution >= 4 is 21.7 Å². The summed E-state index contributed by atoms with van der Waals surface area (Å²) >= 11 is 5.71. The zero-order valence-electron chi connectivity index (χ0n) is 9.63. The second-order valence-corrected chi connectivity index (χ2v) is 5.79. The fraction of sp³-hybridized carbons (Fsp3) is 0.0769. The third-order valence-electron chi connectivity index (χ3n) is 2.33. The third kappa shape index (κ3) is 3.03. The SMILES string of the molecule is Cc1ccc(S(=O)(=O)Oc2ccc(Cl)cc2)cc1. The lowest BCUT2D eigenvalue weighted by Crippen LogP contribution is -2.09. The molecule has 0 aliphatic rings. The lowest BCUT2D eigenvalue weighted by Gasteiger charge is -2.07. The summed E-state index contributed by atoms with van der Waals surface area (Å²) in [4.78, 5) is 0.128. The molecule has 0 amide bonds. The summed E-state index contributed by atoms with van der Waals surface area (Å²) in [5.74, 6) is 0.236. The fourth-order valence-electron chi connectivity index (χ4n) is 1.37. The Morgan fingerprint density at radius 2 is 1.50 bits per heavy atom. The summed E-state index contributed by atoms with van der Waals surface area (Å²) in [7, 11) is -3.79. The van der Waals surface area contributed by atoms with E-state index in [4.69, 9.17) is 15.8 Å². The van der Waals surface area contributed by atoms with Crippen molar-refractivity contribution in [3.63, 3.8) is 0 Å². The number of rotatable bonds is 3. The smallest absolute Gasteiger partial charge is 0.339 e. The normalized spacial score (nSPS) is 11.2. The monoisotopic (exact) mass is 282 g/mol. The lowest BCUT2D eigenvalue weighted by atomic mass is 10.2. The van der Waals surface area contributed by atoms with Crippen LogP contribution in [0.5, 0.6) is 5.75 Å². The molecule has 0 saturated heterocycles. The molecule has 3 nitrogen and oxygen atoms in total. The van der Waals surface area contributed by atoms with Crippen molar-refractivity contribution in [2.75, 3.05) is 0 Å². The first-order chi connectivity index (χ1) is 8.47. The Hall–Kier alpha value is -1.52. The largest absolute Gasteiger partial charge is 0.379 e. The summed E-state index contributed by atoms with van der Waals surface area (Å²) < 4.78 is 28.9. The van der Waals surface area contributed by atoms with Crippen molar-refractivity contribution < 1.29 is 12.6 Å². The Morgan fingerprint density at radius 3 is 2.06 bits per heavy atom. The van der Waals surface area contributed by atoms with E-state index in [1.165, 1.54) is 24.3 Å². The maximum Gasteiger partial charge on any atom is 0.339 e. The first-order valence-electron chi connectivity index (χ1n) is 5.24. The molecule has 5 heteroatoms. The quantitative estimate of drug-likeness (QED) is 0.810. The van der Waals surface area contributed by atoms with Gasteiger partial charge in [-0.25, -0.2) is 0 Å². The van der Waals surface area contributed by atoms with Crippen LogP contribution in [0.15, 0.2) is 53.4 Å². The summed E-state index contributed by atoms with van der Waals surface area (Å²) in [6, 6.07) is 12.6. The van der Waals surface area contributed by atoms with Crippen LogP contribution in [0, 0.1) is 6.92 Å². The molecule has 0 spiro atoms. The Balaban J connectivity index is 2.27. The molecule has 2 rings (SSSR count). The zero-order valence-corrected chi connectivity index (χ0v) is 11.2. The number of hydrogen-bond donors (Lipinski definition) is 0. The maximum absolute atomic E-state index is 11.9. The second-order valence-electron chi connectivity index (χ2n) is 3.80. The van der Waals surface area contributed by atoms with Crippen LogP contribution < -0.4 is 4.18 Å². The Morgan fingerprint density at radius 1 is 0.944 bits per heavy atom. The average molecular weight is 283 g/mol. The molecule has 0 bridgehead atoms. The standard InChI is InChI=1S/C13H11ClO3S/c1-10-2-8-13(9-3-10)18(15,16)17-12-6-4-11(14)5-7-12/h2-9H,1H3. The zero-order chi connectivity index (χ0) is 13.2. The minimum atomic E-state index is -3.79. The predicted octanol–water partition coefficient (Wildman–Crippen LogP) is 3.42. The highest BCUT2D eigenvalue weighted by Gasteiger charge is 2.15. The predicted molar refractivity (Wildman–Crippen MR) is 70.4 cm³/mol. The molecule has 0 fully saturated rings. The highest BCUT2D eigenvalue weighted by Crippen LogP contribution is 2.20. The first kappa shape index (κ1) is 12.9. The molecule has 2 aromatic carbocycles. The molecule has 0 unspecified atom stereocenters. The summed E-state index contributed by atoms with van der Waals surface area (Å²) in [6.45, 7) is 1.89. The van der Waals surface area contributed by atoms with Gasteiger partial charge in [0.2, 0.25) is 0 Å². The van der Waals surface area contributed by atoms with E-state index >= 15 is 0 Å². The summed E-state index contributed by atoms with van der Waals surface area (Å²) in [5, 5.41) is 0.523. The van der Waals surface area contributed by atoms with E-state index < -0.39 is 10.1 Å². The molecule has 0 radical (unpaired) electrons. The van der Waals surface area contributed by atoms with Crippen LogP contribution in [0.1, 0.15) is 5.56 Å². The van der Waals surface area contributed by atoms with Crippen LogP contribution in [-0.4, -0.2) is 8.42 Å². The molecule has 94 valence electrons. The van der Waals surface area contributed by atoms with Gasteiger partial charge in [0.25, 0.3) is 0 Å². The number of hydrogen-bond acceptors (Lipinski definition) is 3. The van der Waals surface area contributed by atoms with Crippen molar-refractivity contribution in [2.45, 2.75) is 11.8 Å². The van der Waals surface area contributed by atoms with Gasteiger partial charge in [-0.2, -0.15) is 8.42 Å². The van der Waals surface area contributed by atoms with Gasteiger partial charge in [-0.3, -0.25) is 0 Å². The van der Waals surface area contributed by atoms with Gasteiger partial charge >= 0.3 is 10.1 Å². The molecule has 0 saturated carbocycles. The van der Waals surface area contributed by atoms with Gasteiger partial charge in [-0.1, -0.05) is 29.3 Å². The van der Waals surface area contributed by atoms with Crippen molar-refractivity contribution in [1.82, 2.24) is 0 Å². The average Bonchev–Trinajstić information content (AvgIpc) is 2.32. The van der Waals surface area contributed by atoms with Gasteiger partial charge in [-0.05, 0) is 43.3 Å². The van der Waals surface area contributed by atoms with E-state index in [1.54, 1.807) is 24.3 Å². The molecule has 0 atom stereocenters. The molecule has 0 heterocycles. The van der Waals surface area contributed by atoms with Crippen LogP contribution in [0.3, 0.4) is 0 Å². The molecule has 0 aromatic heterocycles. The van der Waals surface area contributed by atoms with E-state index in [0.717, 1.165) is 5.56 Å². The molecular weight excluding hydrogens is 272 g/mol. The number of halogens is 1. The first-order valence-corrected chi connectivity index (χ1v) is 7.03. The van der Waals surface area contributed by atoms with Gasteiger partial charge in [0.1, 0.15) is 10.6 Å². The lowest BCUT2D eigenvalue weighted by molar-refractivity contribution is 0.486. The minimum Gasteiger partial charge on any atom is -0.379 e. The number of benzene rings is 2. The van der Waals surface area contributed by atoms with Gasteiger partial charge in [0, 0.05) is 5.02 Å². The van der Waals surface area contributed by atoms with E-state index in [1.807, 2.05) is 6.92 Å². The van der Waals surface area contributed by atoms with Gasteiger partial charge < -0.3 is 4.18 Å². The van der Waals surface area contributed by atoms with Crippen molar-refractivity contribution in [3.8, 4) is 5.75 Å². The van der Waals surface area contributed by atoms with Crippen molar-refractivity contribution in [3.05, 3.63) is 59.1 Å². The molecule has 18 heavy (non-hydrogen) atoms. The summed E-state index contributed by atoms with van der Waals surface area (Å²) in [6.07, 6.45) is 0. The second kappa shape index (κ2) is 5.00. The van der Waals surface area contributed by atoms with Crippen LogP contribution >= 0.6 is 11.6 Å². The molecular formula is C13H11ClO3S. The van der Waals surface area contributed by atoms with Crippen LogP contribution in [0.2, 0.25) is 5.02 Å². The van der Waals surface area contributed by atoms with E-state index in [-0.39, 0.29) is 10.6 Å². The number of aryl methyl sites for hydroxylation is 1. The highest BCUT2D eigenvalue weighted by atomic mass is 35.5. The minimum absolute atomic E-state index is 0.128. The molecule has 0 N–H and O–H groups in total. The van der Waals surface area contributed by atoms with E-state index in [9.17, 15) is 8.42 Å². The van der Waals surface area contributed by atoms with Gasteiger partial charge in [0.15, 0.2) is 0 Å². The molecule has 2 aromatic rings. The maximum atomic E-state index is 11.9. The Kier molecular flexibility index (Phi) is 3.59. The third-order valence-corrected chi connectivity index (χ3v) is 3.84. The van der Waals surface area contributed by atoms with Gasteiger partial charge in [0.05, 0.1) is 0 Å². The summed E-state index contributed by atoms with van der Waals surface area (Å²) in [5.41, 5.74) is 0.987. The molecule has 0 aliphatic heterocycles.